The lowest BCUT2D eigenvalue weighted by Crippen LogP contribution is -1.73. The number of hydrogen-bond acceptors (Lipinski definition) is 2. The monoisotopic (exact) mass is 224 g/mol. The summed E-state index contributed by atoms with van der Waals surface area (Å²) >= 11 is 3.46. The summed E-state index contributed by atoms with van der Waals surface area (Å²) in [6.07, 6.45) is 2.06. The molecule has 0 N–H and O–H groups in total. The van der Waals surface area contributed by atoms with Crippen LogP contribution in [0.3, 0.4) is 0 Å². The molecule has 0 fully saturated rings. The summed E-state index contributed by atoms with van der Waals surface area (Å²) in [4.78, 5) is 1.19. The molecule has 0 spiro atoms. The predicted molar refractivity (Wildman–Crippen MR) is 61.5 cm³/mol. The third-order valence-electron chi connectivity index (χ3n) is 1.91. The maximum atomic E-state index is 12.7. The number of hydrogen-bond donors (Lipinski definition) is 0. The first-order valence-corrected chi connectivity index (χ1v) is 6.23. The zero-order chi connectivity index (χ0) is 9.97. The van der Waals surface area contributed by atoms with Crippen LogP contribution >= 0.6 is 23.1 Å². The Hall–Kier alpha value is -0.800. The van der Waals surface area contributed by atoms with Crippen LogP contribution in [-0.4, -0.2) is 6.26 Å². The Morgan fingerprint density at radius 2 is 1.79 bits per heavy atom. The minimum absolute atomic E-state index is 0.185. The summed E-state index contributed by atoms with van der Waals surface area (Å²) in [5.41, 5.74) is 1.08. The maximum Gasteiger partial charge on any atom is 0.123 e. The maximum absolute atomic E-state index is 12.7. The van der Waals surface area contributed by atoms with Crippen molar-refractivity contribution in [3.8, 4) is 10.4 Å². The van der Waals surface area contributed by atoms with Gasteiger partial charge in [-0.15, -0.1) is 23.1 Å². The molecule has 2 rings (SSSR count). The molecule has 2 aromatic rings. The summed E-state index contributed by atoms with van der Waals surface area (Å²) in [5, 5.41) is 0. The lowest BCUT2D eigenvalue weighted by atomic mass is 10.2. The number of benzene rings is 1. The highest BCUT2D eigenvalue weighted by molar-refractivity contribution is 8.00. The minimum atomic E-state index is -0.185. The second-order valence-corrected chi connectivity index (χ2v) is 5.02. The number of thioether (sulfide) groups is 1. The molecule has 0 aliphatic heterocycles. The SMILES string of the molecule is CSc1ccc(-c2ccc(F)cc2)s1. The van der Waals surface area contributed by atoms with E-state index in [9.17, 15) is 4.39 Å². The van der Waals surface area contributed by atoms with E-state index in [1.165, 1.54) is 21.2 Å². The van der Waals surface area contributed by atoms with Crippen LogP contribution in [0.2, 0.25) is 0 Å². The molecule has 0 bridgehead atoms. The van der Waals surface area contributed by atoms with Gasteiger partial charge in [-0.1, -0.05) is 12.1 Å². The van der Waals surface area contributed by atoms with Crippen LogP contribution in [0.1, 0.15) is 0 Å². The van der Waals surface area contributed by atoms with Crippen molar-refractivity contribution in [3.63, 3.8) is 0 Å². The van der Waals surface area contributed by atoms with Gasteiger partial charge in [0.05, 0.1) is 4.21 Å². The van der Waals surface area contributed by atoms with Gasteiger partial charge in [0.15, 0.2) is 0 Å². The van der Waals surface area contributed by atoms with Crippen LogP contribution in [0.4, 0.5) is 4.39 Å². The number of rotatable bonds is 2. The molecule has 0 radical (unpaired) electrons. The lowest BCUT2D eigenvalue weighted by molar-refractivity contribution is 0.628. The fourth-order valence-electron chi connectivity index (χ4n) is 1.20. The van der Waals surface area contributed by atoms with E-state index in [0.717, 1.165) is 5.56 Å². The Morgan fingerprint density at radius 3 is 2.36 bits per heavy atom. The molecule has 3 heteroatoms. The largest absolute Gasteiger partial charge is 0.207 e. The van der Waals surface area contributed by atoms with Crippen molar-refractivity contribution in [3.05, 3.63) is 42.2 Å². The molecular formula is C11H9FS2. The molecule has 1 aromatic carbocycles. The van der Waals surface area contributed by atoms with Crippen LogP contribution in [0.15, 0.2) is 40.6 Å². The Kier molecular flexibility index (Phi) is 2.89. The number of thiophene rings is 1. The molecule has 72 valence electrons. The molecule has 0 saturated heterocycles. The zero-order valence-corrected chi connectivity index (χ0v) is 9.29. The Bertz CT molecular complexity index is 417. The first kappa shape index (κ1) is 9.74. The highest BCUT2D eigenvalue weighted by Gasteiger charge is 2.01. The van der Waals surface area contributed by atoms with E-state index in [0.29, 0.717) is 0 Å². The smallest absolute Gasteiger partial charge is 0.123 e. The normalized spacial score (nSPS) is 10.4. The summed E-state index contributed by atoms with van der Waals surface area (Å²) in [6, 6.07) is 10.8. The summed E-state index contributed by atoms with van der Waals surface area (Å²) in [7, 11) is 0. The average molecular weight is 224 g/mol. The molecule has 14 heavy (non-hydrogen) atoms. The standard InChI is InChI=1S/C11H9FS2/c1-13-11-7-6-10(14-11)8-2-4-9(12)5-3-8/h2-7H,1H3. The van der Waals surface area contributed by atoms with Crippen molar-refractivity contribution in [2.24, 2.45) is 0 Å². The first-order chi connectivity index (χ1) is 6.79. The van der Waals surface area contributed by atoms with Gasteiger partial charge in [0.1, 0.15) is 5.82 Å². The van der Waals surface area contributed by atoms with E-state index >= 15 is 0 Å². The molecule has 0 atom stereocenters. The fourth-order valence-corrected chi connectivity index (χ4v) is 2.75. The topological polar surface area (TPSA) is 0 Å². The predicted octanol–water partition coefficient (Wildman–Crippen LogP) is 4.28. The minimum Gasteiger partial charge on any atom is -0.207 e. The number of halogens is 1. The van der Waals surface area contributed by atoms with E-state index < -0.39 is 0 Å². The molecule has 0 amide bonds. The molecule has 1 aromatic heterocycles. The van der Waals surface area contributed by atoms with Crippen molar-refractivity contribution in [2.75, 3.05) is 6.26 Å². The second-order valence-electron chi connectivity index (χ2n) is 2.83. The summed E-state index contributed by atoms with van der Waals surface area (Å²) in [6.45, 7) is 0. The van der Waals surface area contributed by atoms with Gasteiger partial charge in [-0.05, 0) is 36.1 Å². The average Bonchev–Trinajstić information content (AvgIpc) is 2.67. The first-order valence-electron chi connectivity index (χ1n) is 4.19. The molecule has 0 aliphatic carbocycles. The van der Waals surface area contributed by atoms with Crippen molar-refractivity contribution in [1.29, 1.82) is 0 Å². The van der Waals surface area contributed by atoms with Gasteiger partial charge in [0.25, 0.3) is 0 Å². The Balaban J connectivity index is 2.34. The second kappa shape index (κ2) is 4.15. The summed E-state index contributed by atoms with van der Waals surface area (Å²) < 4.78 is 14.0. The third kappa shape index (κ3) is 1.99. The zero-order valence-electron chi connectivity index (χ0n) is 7.66. The molecule has 0 aliphatic rings. The van der Waals surface area contributed by atoms with Gasteiger partial charge in [-0.2, -0.15) is 0 Å². The Morgan fingerprint density at radius 1 is 1.07 bits per heavy atom. The highest BCUT2D eigenvalue weighted by atomic mass is 32.2. The van der Waals surface area contributed by atoms with E-state index in [1.54, 1.807) is 23.1 Å². The van der Waals surface area contributed by atoms with Crippen molar-refractivity contribution in [1.82, 2.24) is 0 Å². The third-order valence-corrected chi connectivity index (χ3v) is 4.13. The molecule has 0 unspecified atom stereocenters. The van der Waals surface area contributed by atoms with Crippen LogP contribution in [-0.2, 0) is 0 Å². The van der Waals surface area contributed by atoms with Gasteiger partial charge in [0.2, 0.25) is 0 Å². The molecule has 0 saturated carbocycles. The van der Waals surface area contributed by atoms with Crippen molar-refractivity contribution in [2.45, 2.75) is 4.21 Å². The van der Waals surface area contributed by atoms with Crippen molar-refractivity contribution >= 4 is 23.1 Å². The van der Waals surface area contributed by atoms with Gasteiger partial charge < -0.3 is 0 Å². The van der Waals surface area contributed by atoms with Gasteiger partial charge in [0, 0.05) is 4.88 Å². The lowest BCUT2D eigenvalue weighted by Gasteiger charge is -1.95. The quantitative estimate of drug-likeness (QED) is 0.686. The van der Waals surface area contributed by atoms with Crippen LogP contribution in [0.25, 0.3) is 10.4 Å². The Labute approximate surface area is 90.8 Å². The van der Waals surface area contributed by atoms with E-state index in [-0.39, 0.29) is 5.82 Å². The van der Waals surface area contributed by atoms with Gasteiger partial charge >= 0.3 is 0 Å². The van der Waals surface area contributed by atoms with Crippen molar-refractivity contribution < 1.29 is 4.39 Å². The van der Waals surface area contributed by atoms with E-state index in [1.807, 2.05) is 12.1 Å². The fraction of sp³-hybridized carbons (Fsp3) is 0.0909. The molecule has 0 nitrogen and oxygen atoms in total. The van der Waals surface area contributed by atoms with Gasteiger partial charge in [-0.3, -0.25) is 0 Å². The van der Waals surface area contributed by atoms with E-state index in [2.05, 4.69) is 18.4 Å². The van der Waals surface area contributed by atoms with Crippen LogP contribution < -0.4 is 0 Å². The van der Waals surface area contributed by atoms with Gasteiger partial charge in [-0.25, -0.2) is 4.39 Å². The highest BCUT2D eigenvalue weighted by Crippen LogP contribution is 2.32. The molecular weight excluding hydrogens is 215 g/mol. The van der Waals surface area contributed by atoms with Crippen LogP contribution in [0, 0.1) is 5.82 Å². The van der Waals surface area contributed by atoms with E-state index in [4.69, 9.17) is 0 Å². The van der Waals surface area contributed by atoms with Crippen LogP contribution in [0.5, 0.6) is 0 Å². The summed E-state index contributed by atoms with van der Waals surface area (Å²) in [5.74, 6) is -0.185. The molecule has 1 heterocycles.